The van der Waals surface area contributed by atoms with Gasteiger partial charge in [-0.15, -0.1) is 0 Å². The fourth-order valence-electron chi connectivity index (χ4n) is 3.52. The van der Waals surface area contributed by atoms with Crippen LogP contribution >= 0.6 is 23.2 Å². The number of nitrogens with zero attached hydrogens (tertiary/aromatic N) is 1. The third kappa shape index (κ3) is 5.74. The Kier molecular flexibility index (Phi) is 7.69. The van der Waals surface area contributed by atoms with Crippen LogP contribution in [0.4, 0.5) is 5.69 Å². The Labute approximate surface area is 197 Å². The van der Waals surface area contributed by atoms with Crippen molar-refractivity contribution < 1.29 is 22.7 Å². The second kappa shape index (κ2) is 10.1. The quantitative estimate of drug-likeness (QED) is 0.587. The number of carbonyl (C=O) groups excluding carboxylic acids is 2. The lowest BCUT2D eigenvalue weighted by molar-refractivity contribution is -0.141. The van der Waals surface area contributed by atoms with E-state index in [1.54, 1.807) is 17.0 Å². The van der Waals surface area contributed by atoms with Gasteiger partial charge >= 0.3 is 5.97 Å². The number of hydrogen-bond donors (Lipinski definition) is 1. The maximum absolute atomic E-state index is 12.8. The Balaban J connectivity index is 1.76. The van der Waals surface area contributed by atoms with Gasteiger partial charge in [0.1, 0.15) is 0 Å². The molecule has 0 radical (unpaired) electrons. The van der Waals surface area contributed by atoms with Crippen LogP contribution in [0.3, 0.4) is 0 Å². The van der Waals surface area contributed by atoms with Gasteiger partial charge in [0.25, 0.3) is 15.9 Å². The van der Waals surface area contributed by atoms with Crippen molar-refractivity contribution >= 4 is 50.8 Å². The van der Waals surface area contributed by atoms with E-state index < -0.39 is 22.1 Å². The molecule has 1 fully saturated rings. The zero-order chi connectivity index (χ0) is 23.5. The molecular weight excluding hydrogens is 475 g/mol. The molecule has 10 heteroatoms. The average molecular weight is 499 g/mol. The van der Waals surface area contributed by atoms with Gasteiger partial charge in [0.05, 0.1) is 26.2 Å². The number of para-hydroxylation sites is 1. The van der Waals surface area contributed by atoms with Crippen LogP contribution in [0.1, 0.15) is 37.0 Å². The molecule has 0 spiro atoms. The predicted octanol–water partition coefficient (Wildman–Crippen LogP) is 4.60. The summed E-state index contributed by atoms with van der Waals surface area (Å²) in [6, 6.07) is 9.90. The third-order valence-corrected chi connectivity index (χ3v) is 7.30. The number of benzene rings is 2. The normalized spacial score (nSPS) is 17.5. The number of carbonyl (C=O) groups is 2. The Hall–Kier alpha value is -2.29. The van der Waals surface area contributed by atoms with Gasteiger partial charge in [0, 0.05) is 13.1 Å². The van der Waals surface area contributed by atoms with E-state index in [0.717, 1.165) is 12.8 Å². The van der Waals surface area contributed by atoms with Crippen molar-refractivity contribution in [3.05, 3.63) is 58.1 Å². The second-order valence-corrected chi connectivity index (χ2v) is 10.3. The summed E-state index contributed by atoms with van der Waals surface area (Å²) in [6.45, 7) is 4.85. The molecule has 2 atom stereocenters. The van der Waals surface area contributed by atoms with Gasteiger partial charge in [-0.05, 0) is 56.0 Å². The maximum Gasteiger partial charge on any atom is 0.341 e. The Bertz CT molecular complexity index is 1120. The number of rotatable bonds is 6. The highest BCUT2D eigenvalue weighted by Crippen LogP contribution is 2.27. The van der Waals surface area contributed by atoms with Crippen molar-refractivity contribution in [3.63, 3.8) is 0 Å². The van der Waals surface area contributed by atoms with Crippen molar-refractivity contribution in [1.82, 2.24) is 4.90 Å². The molecule has 3 rings (SSSR count). The molecule has 0 unspecified atom stereocenters. The van der Waals surface area contributed by atoms with Crippen LogP contribution in [-0.2, 0) is 19.6 Å². The van der Waals surface area contributed by atoms with E-state index in [1.807, 2.05) is 0 Å². The van der Waals surface area contributed by atoms with Crippen LogP contribution < -0.4 is 4.72 Å². The number of hydrogen-bond acceptors (Lipinski definition) is 5. The van der Waals surface area contributed by atoms with Gasteiger partial charge in [-0.1, -0.05) is 42.3 Å². The standard InChI is InChI=1S/C22H24Cl2N2O5S/c1-14-6-5-11-26(13-14)21(27)15(2)31-22(28)17-7-3-4-8-20(17)25-32(29,30)16-9-10-18(23)19(24)12-16/h3-4,7-10,12,14-15,25H,5-6,11,13H2,1-2H3/t14-,15+/m1/s1. The summed E-state index contributed by atoms with van der Waals surface area (Å²) < 4.78 is 33.3. The SMILES string of the molecule is C[C@@H]1CCCN(C(=O)[C@H](C)OC(=O)c2ccccc2NS(=O)(=O)c2ccc(Cl)c(Cl)c2)C1. The molecule has 7 nitrogen and oxygen atoms in total. The van der Waals surface area contributed by atoms with Crippen LogP contribution in [-0.4, -0.2) is 44.4 Å². The van der Waals surface area contributed by atoms with Gasteiger partial charge in [-0.25, -0.2) is 13.2 Å². The Morgan fingerprint density at radius 1 is 1.16 bits per heavy atom. The third-order valence-electron chi connectivity index (χ3n) is 5.19. The summed E-state index contributed by atoms with van der Waals surface area (Å²) in [5, 5.41) is 0.304. The van der Waals surface area contributed by atoms with E-state index in [1.165, 1.54) is 37.3 Å². The number of ether oxygens (including phenoxy) is 1. The second-order valence-electron chi connectivity index (χ2n) is 7.81. The van der Waals surface area contributed by atoms with Crippen LogP contribution in [0.2, 0.25) is 10.0 Å². The number of halogens is 2. The first kappa shape index (κ1) is 24.4. The number of likely N-dealkylation sites (tertiary alicyclic amines) is 1. The Morgan fingerprint density at radius 3 is 2.56 bits per heavy atom. The molecular formula is C22H24Cl2N2O5S. The number of anilines is 1. The van der Waals surface area contributed by atoms with Crippen molar-refractivity contribution in [1.29, 1.82) is 0 Å². The minimum atomic E-state index is -4.05. The Morgan fingerprint density at radius 2 is 1.88 bits per heavy atom. The van der Waals surface area contributed by atoms with Gasteiger partial charge in [-0.3, -0.25) is 9.52 Å². The number of nitrogens with one attached hydrogen (secondary N) is 1. The molecule has 1 saturated heterocycles. The van der Waals surface area contributed by atoms with Crippen LogP contribution in [0.25, 0.3) is 0 Å². The van der Waals surface area contributed by atoms with Crippen molar-refractivity contribution in [2.24, 2.45) is 5.92 Å². The molecule has 1 heterocycles. The average Bonchev–Trinajstić information content (AvgIpc) is 2.75. The molecule has 172 valence electrons. The highest BCUT2D eigenvalue weighted by Gasteiger charge is 2.28. The summed E-state index contributed by atoms with van der Waals surface area (Å²) in [7, 11) is -4.05. The minimum Gasteiger partial charge on any atom is -0.449 e. The fourth-order valence-corrected chi connectivity index (χ4v) is 4.99. The molecule has 1 aliphatic heterocycles. The molecule has 0 bridgehead atoms. The van der Waals surface area contributed by atoms with E-state index >= 15 is 0 Å². The molecule has 0 aliphatic carbocycles. The lowest BCUT2D eigenvalue weighted by atomic mass is 10.00. The monoisotopic (exact) mass is 498 g/mol. The minimum absolute atomic E-state index is 0.0113. The van der Waals surface area contributed by atoms with E-state index in [-0.39, 0.29) is 32.1 Å². The number of amides is 1. The van der Waals surface area contributed by atoms with Gasteiger partial charge in [-0.2, -0.15) is 0 Å². The van der Waals surface area contributed by atoms with Gasteiger partial charge in [0.2, 0.25) is 0 Å². The molecule has 1 amide bonds. The summed E-state index contributed by atoms with van der Waals surface area (Å²) >= 11 is 11.8. The fraction of sp³-hybridized carbons (Fsp3) is 0.364. The van der Waals surface area contributed by atoms with Crippen LogP contribution in [0.5, 0.6) is 0 Å². The lowest BCUT2D eigenvalue weighted by Crippen LogP contribution is -2.44. The molecule has 2 aromatic rings. The van der Waals surface area contributed by atoms with Gasteiger partial charge in [0.15, 0.2) is 6.10 Å². The van der Waals surface area contributed by atoms with E-state index in [2.05, 4.69) is 11.6 Å². The predicted molar refractivity (Wildman–Crippen MR) is 124 cm³/mol. The summed E-state index contributed by atoms with van der Waals surface area (Å²) in [5.74, 6) is -0.672. The zero-order valence-electron chi connectivity index (χ0n) is 17.7. The molecule has 0 saturated carbocycles. The van der Waals surface area contributed by atoms with E-state index in [4.69, 9.17) is 27.9 Å². The maximum atomic E-state index is 12.8. The number of sulfonamides is 1. The van der Waals surface area contributed by atoms with Crippen LogP contribution in [0, 0.1) is 5.92 Å². The highest BCUT2D eigenvalue weighted by atomic mass is 35.5. The first-order valence-corrected chi connectivity index (χ1v) is 12.4. The number of piperidine rings is 1. The van der Waals surface area contributed by atoms with Crippen molar-refractivity contribution in [2.75, 3.05) is 17.8 Å². The molecule has 1 N–H and O–H groups in total. The highest BCUT2D eigenvalue weighted by molar-refractivity contribution is 7.92. The molecule has 1 aliphatic rings. The first-order chi connectivity index (χ1) is 15.1. The first-order valence-electron chi connectivity index (χ1n) is 10.1. The van der Waals surface area contributed by atoms with E-state index in [0.29, 0.717) is 19.0 Å². The van der Waals surface area contributed by atoms with E-state index in [9.17, 15) is 18.0 Å². The largest absolute Gasteiger partial charge is 0.449 e. The molecule has 32 heavy (non-hydrogen) atoms. The summed E-state index contributed by atoms with van der Waals surface area (Å²) in [5.41, 5.74) is 0.0117. The zero-order valence-corrected chi connectivity index (χ0v) is 20.0. The van der Waals surface area contributed by atoms with Crippen molar-refractivity contribution in [3.8, 4) is 0 Å². The van der Waals surface area contributed by atoms with Crippen LogP contribution in [0.15, 0.2) is 47.4 Å². The number of esters is 1. The molecule has 0 aromatic heterocycles. The summed E-state index contributed by atoms with van der Waals surface area (Å²) in [6.07, 6.45) is 0.976. The van der Waals surface area contributed by atoms with Crippen molar-refractivity contribution in [2.45, 2.75) is 37.7 Å². The topological polar surface area (TPSA) is 92.8 Å². The summed E-state index contributed by atoms with van der Waals surface area (Å²) in [4.78, 5) is 27.1. The molecule has 2 aromatic carbocycles. The smallest absolute Gasteiger partial charge is 0.341 e. The van der Waals surface area contributed by atoms with Gasteiger partial charge < -0.3 is 9.64 Å². The lowest BCUT2D eigenvalue weighted by Gasteiger charge is -2.32.